The molecular weight excluding hydrogens is 319 g/mol. The molecule has 0 bridgehead atoms. The van der Waals surface area contributed by atoms with Gasteiger partial charge in [0.15, 0.2) is 0 Å². The van der Waals surface area contributed by atoms with Crippen LogP contribution in [0.25, 0.3) is 0 Å². The first-order chi connectivity index (χ1) is 10.8. The topological polar surface area (TPSA) is 75.3 Å². The summed E-state index contributed by atoms with van der Waals surface area (Å²) < 4.78 is 40.6. The molecule has 0 aliphatic rings. The molecule has 0 spiro atoms. The third kappa shape index (κ3) is 4.61. The second-order valence-corrected chi connectivity index (χ2v) is 6.90. The quantitative estimate of drug-likeness (QED) is 0.881. The zero-order chi connectivity index (χ0) is 17.0. The number of carbonyl (C=O) groups excluding carboxylic acids is 1. The van der Waals surface area contributed by atoms with E-state index in [-0.39, 0.29) is 17.1 Å². The highest BCUT2D eigenvalue weighted by atomic mass is 32.2. The zero-order valence-electron chi connectivity index (χ0n) is 12.8. The Kier molecular flexibility index (Phi) is 5.12. The number of nitrogens with one attached hydrogen (secondary N) is 2. The fourth-order valence-electron chi connectivity index (χ4n) is 1.92. The van der Waals surface area contributed by atoms with Gasteiger partial charge in [0.1, 0.15) is 5.82 Å². The molecular formula is C16H17FN2O3S. The van der Waals surface area contributed by atoms with Crippen molar-refractivity contribution in [3.05, 3.63) is 59.4 Å². The van der Waals surface area contributed by atoms with Gasteiger partial charge in [0, 0.05) is 13.5 Å². The summed E-state index contributed by atoms with van der Waals surface area (Å²) in [7, 11) is -3.81. The van der Waals surface area contributed by atoms with Gasteiger partial charge < -0.3 is 5.32 Å². The molecule has 122 valence electrons. The predicted octanol–water partition coefficient (Wildman–Crippen LogP) is 2.57. The van der Waals surface area contributed by atoms with Crippen LogP contribution in [0.2, 0.25) is 0 Å². The Morgan fingerprint density at radius 1 is 1.13 bits per heavy atom. The molecule has 0 aromatic heterocycles. The summed E-state index contributed by atoms with van der Waals surface area (Å²) in [6, 6.07) is 10.7. The smallest absolute Gasteiger partial charge is 0.240 e. The molecule has 0 atom stereocenters. The van der Waals surface area contributed by atoms with Crippen LogP contribution in [0.15, 0.2) is 47.4 Å². The zero-order valence-corrected chi connectivity index (χ0v) is 13.6. The number of amides is 1. The molecule has 0 heterocycles. The minimum atomic E-state index is -3.81. The Morgan fingerprint density at radius 2 is 1.78 bits per heavy atom. The number of benzene rings is 2. The van der Waals surface area contributed by atoms with Crippen molar-refractivity contribution in [1.82, 2.24) is 4.72 Å². The van der Waals surface area contributed by atoms with E-state index in [4.69, 9.17) is 0 Å². The first-order valence-corrected chi connectivity index (χ1v) is 8.38. The van der Waals surface area contributed by atoms with Crippen LogP contribution in [0.4, 0.5) is 10.1 Å². The highest BCUT2D eigenvalue weighted by Gasteiger charge is 2.16. The highest BCUT2D eigenvalue weighted by molar-refractivity contribution is 7.89. The molecule has 2 N–H and O–H groups in total. The second-order valence-electron chi connectivity index (χ2n) is 5.13. The molecule has 0 aliphatic carbocycles. The van der Waals surface area contributed by atoms with Crippen molar-refractivity contribution in [3.8, 4) is 0 Å². The SMILES string of the molecule is CC(=O)Nc1cc(S(=O)(=O)NCc2ccc(C)cc2)ccc1F. The number of aryl methyl sites for hydroxylation is 1. The minimum Gasteiger partial charge on any atom is -0.324 e. The number of hydrogen-bond acceptors (Lipinski definition) is 3. The Labute approximate surface area is 134 Å². The maximum atomic E-state index is 13.6. The van der Waals surface area contributed by atoms with E-state index in [9.17, 15) is 17.6 Å². The summed E-state index contributed by atoms with van der Waals surface area (Å²) >= 11 is 0. The van der Waals surface area contributed by atoms with Crippen molar-refractivity contribution in [2.75, 3.05) is 5.32 Å². The van der Waals surface area contributed by atoms with Crippen LogP contribution in [-0.2, 0) is 21.4 Å². The van der Waals surface area contributed by atoms with E-state index in [1.165, 1.54) is 6.92 Å². The molecule has 1 amide bonds. The van der Waals surface area contributed by atoms with Crippen molar-refractivity contribution >= 4 is 21.6 Å². The Balaban J connectivity index is 2.18. The normalized spacial score (nSPS) is 11.3. The van der Waals surface area contributed by atoms with Gasteiger partial charge in [-0.15, -0.1) is 0 Å². The fraction of sp³-hybridized carbons (Fsp3) is 0.188. The molecule has 23 heavy (non-hydrogen) atoms. The van der Waals surface area contributed by atoms with Crippen molar-refractivity contribution < 1.29 is 17.6 Å². The van der Waals surface area contributed by atoms with E-state index in [0.29, 0.717) is 0 Å². The standard InChI is InChI=1S/C16H17FN2O3S/c1-11-3-5-13(6-4-11)10-18-23(21,22)14-7-8-15(17)16(9-14)19-12(2)20/h3-9,18H,10H2,1-2H3,(H,19,20). The molecule has 0 radical (unpaired) electrons. The largest absolute Gasteiger partial charge is 0.324 e. The molecule has 0 aliphatic heterocycles. The van der Waals surface area contributed by atoms with Gasteiger partial charge in [0.25, 0.3) is 0 Å². The number of rotatable bonds is 5. The fourth-order valence-corrected chi connectivity index (χ4v) is 2.97. The van der Waals surface area contributed by atoms with Gasteiger partial charge in [-0.25, -0.2) is 17.5 Å². The number of sulfonamides is 1. The lowest BCUT2D eigenvalue weighted by molar-refractivity contribution is -0.114. The number of anilines is 1. The molecule has 0 saturated heterocycles. The number of halogens is 1. The summed E-state index contributed by atoms with van der Waals surface area (Å²) in [6.07, 6.45) is 0. The predicted molar refractivity (Wildman–Crippen MR) is 85.9 cm³/mol. The molecule has 0 fully saturated rings. The maximum Gasteiger partial charge on any atom is 0.240 e. The summed E-state index contributed by atoms with van der Waals surface area (Å²) in [5.41, 5.74) is 1.72. The molecule has 5 nitrogen and oxygen atoms in total. The van der Waals surface area contributed by atoms with Gasteiger partial charge in [-0.05, 0) is 30.7 Å². The van der Waals surface area contributed by atoms with Crippen LogP contribution in [-0.4, -0.2) is 14.3 Å². The van der Waals surface area contributed by atoms with E-state index < -0.39 is 21.7 Å². The molecule has 0 unspecified atom stereocenters. The summed E-state index contributed by atoms with van der Waals surface area (Å²) in [5.74, 6) is -1.18. The minimum absolute atomic E-state index is 0.116. The first-order valence-electron chi connectivity index (χ1n) is 6.90. The van der Waals surface area contributed by atoms with Crippen LogP contribution < -0.4 is 10.0 Å². The van der Waals surface area contributed by atoms with Gasteiger partial charge >= 0.3 is 0 Å². The monoisotopic (exact) mass is 336 g/mol. The molecule has 2 rings (SSSR count). The van der Waals surface area contributed by atoms with Crippen LogP contribution >= 0.6 is 0 Å². The third-order valence-corrected chi connectivity index (χ3v) is 4.54. The van der Waals surface area contributed by atoms with Gasteiger partial charge in [0.2, 0.25) is 15.9 Å². The molecule has 7 heteroatoms. The Morgan fingerprint density at radius 3 is 2.39 bits per heavy atom. The van der Waals surface area contributed by atoms with Crippen molar-refractivity contribution in [3.63, 3.8) is 0 Å². The van der Waals surface area contributed by atoms with Gasteiger partial charge in [-0.2, -0.15) is 0 Å². The lowest BCUT2D eigenvalue weighted by Gasteiger charge is -2.10. The van der Waals surface area contributed by atoms with E-state index in [1.54, 1.807) is 0 Å². The Hall–Kier alpha value is -2.25. The van der Waals surface area contributed by atoms with E-state index in [2.05, 4.69) is 10.0 Å². The summed E-state index contributed by atoms with van der Waals surface area (Å²) in [6.45, 7) is 3.28. The molecule has 0 saturated carbocycles. The van der Waals surface area contributed by atoms with E-state index in [0.717, 1.165) is 29.3 Å². The van der Waals surface area contributed by atoms with Crippen LogP contribution in [0.5, 0.6) is 0 Å². The van der Waals surface area contributed by atoms with Gasteiger partial charge in [-0.1, -0.05) is 29.8 Å². The van der Waals surface area contributed by atoms with Gasteiger partial charge in [0.05, 0.1) is 10.6 Å². The van der Waals surface area contributed by atoms with Crippen LogP contribution in [0.1, 0.15) is 18.1 Å². The third-order valence-electron chi connectivity index (χ3n) is 3.15. The number of carbonyl (C=O) groups is 1. The van der Waals surface area contributed by atoms with Crippen molar-refractivity contribution in [2.45, 2.75) is 25.3 Å². The first kappa shape index (κ1) is 17.1. The van der Waals surface area contributed by atoms with Crippen molar-refractivity contribution in [1.29, 1.82) is 0 Å². The lowest BCUT2D eigenvalue weighted by Crippen LogP contribution is -2.23. The van der Waals surface area contributed by atoms with Crippen molar-refractivity contribution in [2.24, 2.45) is 0 Å². The van der Waals surface area contributed by atoms with E-state index >= 15 is 0 Å². The molecule has 2 aromatic rings. The summed E-state index contributed by atoms with van der Waals surface area (Å²) in [5, 5.41) is 2.26. The highest BCUT2D eigenvalue weighted by Crippen LogP contribution is 2.19. The average molecular weight is 336 g/mol. The summed E-state index contributed by atoms with van der Waals surface area (Å²) in [4.78, 5) is 10.9. The molecule has 2 aromatic carbocycles. The second kappa shape index (κ2) is 6.89. The van der Waals surface area contributed by atoms with Crippen LogP contribution in [0, 0.1) is 12.7 Å². The van der Waals surface area contributed by atoms with E-state index in [1.807, 2.05) is 31.2 Å². The number of hydrogen-bond donors (Lipinski definition) is 2. The average Bonchev–Trinajstić information content (AvgIpc) is 2.48. The Bertz CT molecular complexity index is 818. The maximum absolute atomic E-state index is 13.6. The lowest BCUT2D eigenvalue weighted by atomic mass is 10.2. The van der Waals surface area contributed by atoms with Gasteiger partial charge in [-0.3, -0.25) is 4.79 Å². The van der Waals surface area contributed by atoms with Crippen LogP contribution in [0.3, 0.4) is 0 Å².